The number of benzene rings is 1. The van der Waals surface area contributed by atoms with E-state index < -0.39 is 12.0 Å². The maximum absolute atomic E-state index is 11.7. The van der Waals surface area contributed by atoms with Gasteiger partial charge in [0, 0.05) is 6.08 Å². The summed E-state index contributed by atoms with van der Waals surface area (Å²) >= 11 is 0. The summed E-state index contributed by atoms with van der Waals surface area (Å²) in [4.78, 5) is 23.2. The van der Waals surface area contributed by atoms with Crippen molar-refractivity contribution in [3.8, 4) is 5.75 Å². The molecule has 1 N–H and O–H groups in total. The third-order valence-electron chi connectivity index (χ3n) is 2.78. The molecule has 0 fully saturated rings. The van der Waals surface area contributed by atoms with Gasteiger partial charge in [-0.25, -0.2) is 4.79 Å². The van der Waals surface area contributed by atoms with Gasteiger partial charge in [0.05, 0.1) is 7.11 Å². The maximum Gasteiger partial charge on any atom is 0.328 e. The number of amides is 1. The molecule has 0 aliphatic rings. The fourth-order valence-electron chi connectivity index (χ4n) is 1.64. The zero-order chi connectivity index (χ0) is 15.7. The third-order valence-corrected chi connectivity index (χ3v) is 2.78. The van der Waals surface area contributed by atoms with Crippen LogP contribution in [0.2, 0.25) is 0 Å². The molecule has 0 heterocycles. The van der Waals surface area contributed by atoms with Gasteiger partial charge in [-0.05, 0) is 24.1 Å². The summed E-state index contributed by atoms with van der Waals surface area (Å²) in [7, 11) is 1.30. The van der Waals surface area contributed by atoms with E-state index in [1.807, 2.05) is 44.2 Å². The van der Waals surface area contributed by atoms with Gasteiger partial charge in [0.2, 0.25) is 5.91 Å². The summed E-state index contributed by atoms with van der Waals surface area (Å²) in [6, 6.07) is 8.65. The predicted octanol–water partition coefficient (Wildman–Crippen LogP) is 1.94. The first-order valence-electron chi connectivity index (χ1n) is 6.77. The molecule has 21 heavy (non-hydrogen) atoms. The fourth-order valence-corrected chi connectivity index (χ4v) is 1.64. The molecule has 0 unspecified atom stereocenters. The molecule has 5 nitrogen and oxygen atoms in total. The molecule has 0 saturated carbocycles. The Morgan fingerprint density at radius 2 is 1.90 bits per heavy atom. The summed E-state index contributed by atoms with van der Waals surface area (Å²) in [5.41, 5.74) is 0. The predicted molar refractivity (Wildman–Crippen MR) is 79.9 cm³/mol. The number of para-hydroxylation sites is 1. The largest absolute Gasteiger partial charge is 0.490 e. The van der Waals surface area contributed by atoms with Gasteiger partial charge in [-0.1, -0.05) is 32.0 Å². The second kappa shape index (κ2) is 8.79. The molecule has 0 saturated heterocycles. The lowest BCUT2D eigenvalue weighted by molar-refractivity contribution is -0.145. The zero-order valence-corrected chi connectivity index (χ0v) is 12.5. The lowest BCUT2D eigenvalue weighted by atomic mass is 10.0. The Labute approximate surface area is 124 Å². The first-order valence-corrected chi connectivity index (χ1v) is 6.77. The van der Waals surface area contributed by atoms with E-state index in [4.69, 9.17) is 4.74 Å². The van der Waals surface area contributed by atoms with E-state index in [9.17, 15) is 9.59 Å². The van der Waals surface area contributed by atoms with Crippen LogP contribution in [0.1, 0.15) is 13.8 Å². The Morgan fingerprint density at radius 3 is 2.48 bits per heavy atom. The van der Waals surface area contributed by atoms with E-state index in [1.54, 1.807) is 6.08 Å². The third kappa shape index (κ3) is 6.12. The number of rotatable bonds is 7. The van der Waals surface area contributed by atoms with Gasteiger partial charge in [-0.15, -0.1) is 0 Å². The molecule has 5 heteroatoms. The molecule has 1 aromatic carbocycles. The molecular formula is C16H21NO4. The first kappa shape index (κ1) is 16.8. The van der Waals surface area contributed by atoms with Crippen LogP contribution in [-0.4, -0.2) is 31.6 Å². The Balaban J connectivity index is 2.41. The van der Waals surface area contributed by atoms with Crippen molar-refractivity contribution in [2.75, 3.05) is 13.7 Å². The molecule has 0 aliphatic heterocycles. The lowest BCUT2D eigenvalue weighted by Gasteiger charge is -2.18. The summed E-state index contributed by atoms with van der Waals surface area (Å²) < 4.78 is 10.1. The average Bonchev–Trinajstić information content (AvgIpc) is 2.49. The van der Waals surface area contributed by atoms with Gasteiger partial charge in [-0.3, -0.25) is 4.79 Å². The normalized spacial score (nSPS) is 12.2. The van der Waals surface area contributed by atoms with Crippen molar-refractivity contribution in [1.29, 1.82) is 0 Å². The molecule has 1 rings (SSSR count). The monoisotopic (exact) mass is 291 g/mol. The van der Waals surface area contributed by atoms with Gasteiger partial charge >= 0.3 is 5.97 Å². The molecule has 1 amide bonds. The fraction of sp³-hybridized carbons (Fsp3) is 0.375. The van der Waals surface area contributed by atoms with Crippen LogP contribution >= 0.6 is 0 Å². The van der Waals surface area contributed by atoms with Crippen LogP contribution in [0.25, 0.3) is 0 Å². The molecule has 114 valence electrons. The molecule has 0 aliphatic carbocycles. The lowest BCUT2D eigenvalue weighted by Crippen LogP contribution is -2.44. The molecule has 1 aromatic rings. The average molecular weight is 291 g/mol. The molecule has 0 radical (unpaired) electrons. The van der Waals surface area contributed by atoms with Crippen LogP contribution < -0.4 is 10.1 Å². The number of carbonyl (C=O) groups is 2. The zero-order valence-electron chi connectivity index (χ0n) is 12.5. The van der Waals surface area contributed by atoms with Crippen molar-refractivity contribution >= 4 is 11.9 Å². The number of esters is 1. The minimum absolute atomic E-state index is 0.0460. The van der Waals surface area contributed by atoms with E-state index in [-0.39, 0.29) is 18.4 Å². The van der Waals surface area contributed by atoms with Gasteiger partial charge in [-0.2, -0.15) is 0 Å². The highest BCUT2D eigenvalue weighted by molar-refractivity contribution is 5.91. The Kier molecular flexibility index (Phi) is 7.01. The highest BCUT2D eigenvalue weighted by Crippen LogP contribution is 2.07. The van der Waals surface area contributed by atoms with Crippen molar-refractivity contribution in [2.45, 2.75) is 19.9 Å². The maximum atomic E-state index is 11.7. The Hall–Kier alpha value is -2.30. The Morgan fingerprint density at radius 1 is 1.24 bits per heavy atom. The van der Waals surface area contributed by atoms with E-state index in [1.165, 1.54) is 13.2 Å². The minimum atomic E-state index is -0.651. The highest BCUT2D eigenvalue weighted by atomic mass is 16.5. The number of nitrogens with one attached hydrogen (secondary N) is 1. The molecular weight excluding hydrogens is 270 g/mol. The quantitative estimate of drug-likeness (QED) is 0.616. The molecule has 0 spiro atoms. The van der Waals surface area contributed by atoms with E-state index in [2.05, 4.69) is 10.1 Å². The number of hydrogen-bond donors (Lipinski definition) is 1. The van der Waals surface area contributed by atoms with Crippen LogP contribution in [0.4, 0.5) is 0 Å². The number of hydrogen-bond acceptors (Lipinski definition) is 4. The second-order valence-electron chi connectivity index (χ2n) is 4.78. The number of methoxy groups -OCH3 is 1. The molecule has 0 aromatic heterocycles. The highest BCUT2D eigenvalue weighted by Gasteiger charge is 2.23. The van der Waals surface area contributed by atoms with Crippen LogP contribution in [0.5, 0.6) is 5.75 Å². The smallest absolute Gasteiger partial charge is 0.328 e. The van der Waals surface area contributed by atoms with Crippen molar-refractivity contribution in [1.82, 2.24) is 5.32 Å². The summed E-state index contributed by atoms with van der Waals surface area (Å²) in [6.07, 6.45) is 2.94. The summed E-state index contributed by atoms with van der Waals surface area (Å²) in [5.74, 6) is -0.115. The molecule has 1 atom stereocenters. The van der Waals surface area contributed by atoms with Crippen molar-refractivity contribution in [3.63, 3.8) is 0 Å². The summed E-state index contributed by atoms with van der Waals surface area (Å²) in [6.45, 7) is 3.95. The molecule has 0 bridgehead atoms. The van der Waals surface area contributed by atoms with Gasteiger partial charge in [0.1, 0.15) is 18.4 Å². The standard InChI is InChI=1S/C16H21NO4/c1-12(2)15(16(19)20-3)17-14(18)10-7-11-21-13-8-5-4-6-9-13/h4-10,12,15H,11H2,1-3H3,(H,17,18)/t15-/m0/s1. The van der Waals surface area contributed by atoms with Gasteiger partial charge < -0.3 is 14.8 Å². The first-order chi connectivity index (χ1) is 10.0. The summed E-state index contributed by atoms with van der Waals surface area (Å²) in [5, 5.41) is 2.61. The van der Waals surface area contributed by atoms with Gasteiger partial charge in [0.25, 0.3) is 0 Å². The number of ether oxygens (including phenoxy) is 2. The van der Waals surface area contributed by atoms with Crippen LogP contribution in [0.3, 0.4) is 0 Å². The van der Waals surface area contributed by atoms with Crippen molar-refractivity contribution in [2.24, 2.45) is 5.92 Å². The van der Waals surface area contributed by atoms with E-state index >= 15 is 0 Å². The Bertz CT molecular complexity index is 482. The SMILES string of the molecule is COC(=O)[C@@H](NC(=O)C=CCOc1ccccc1)C(C)C. The second-order valence-corrected chi connectivity index (χ2v) is 4.78. The van der Waals surface area contributed by atoms with Crippen molar-refractivity contribution in [3.05, 3.63) is 42.5 Å². The van der Waals surface area contributed by atoms with Crippen molar-refractivity contribution < 1.29 is 19.1 Å². The van der Waals surface area contributed by atoms with E-state index in [0.29, 0.717) is 0 Å². The van der Waals surface area contributed by atoms with Crippen LogP contribution in [0, 0.1) is 5.92 Å². The number of carbonyl (C=O) groups excluding carboxylic acids is 2. The van der Waals surface area contributed by atoms with Crippen LogP contribution in [0.15, 0.2) is 42.5 Å². The van der Waals surface area contributed by atoms with Gasteiger partial charge in [0.15, 0.2) is 0 Å². The van der Waals surface area contributed by atoms with E-state index in [0.717, 1.165) is 5.75 Å². The minimum Gasteiger partial charge on any atom is -0.490 e. The van der Waals surface area contributed by atoms with Crippen LogP contribution in [-0.2, 0) is 14.3 Å². The topological polar surface area (TPSA) is 64.6 Å².